The van der Waals surface area contributed by atoms with Crippen LogP contribution in [-0.2, 0) is 11.4 Å². The van der Waals surface area contributed by atoms with E-state index < -0.39 is 11.9 Å². The summed E-state index contributed by atoms with van der Waals surface area (Å²) in [6.45, 7) is 0.956. The van der Waals surface area contributed by atoms with E-state index in [1.54, 1.807) is 41.3 Å². The first kappa shape index (κ1) is 17.9. The largest absolute Gasteiger partial charge is 0.488 e. The number of hydrogen-bond acceptors (Lipinski definition) is 3. The van der Waals surface area contributed by atoms with Gasteiger partial charge in [-0.3, -0.25) is 9.59 Å². The topological polar surface area (TPSA) is 66.8 Å². The highest BCUT2D eigenvalue weighted by molar-refractivity contribution is 5.97. The van der Waals surface area contributed by atoms with Crippen LogP contribution in [-0.4, -0.2) is 35.0 Å². The fraction of sp³-hybridized carbons (Fsp3) is 0.300. The summed E-state index contributed by atoms with van der Waals surface area (Å²) in [5, 5.41) is 9.20. The molecule has 0 aliphatic carbocycles. The first-order valence-electron chi connectivity index (χ1n) is 8.53. The minimum Gasteiger partial charge on any atom is -0.488 e. The Morgan fingerprint density at radius 1 is 1.15 bits per heavy atom. The van der Waals surface area contributed by atoms with Crippen molar-refractivity contribution in [2.75, 3.05) is 13.1 Å². The first-order chi connectivity index (χ1) is 12.5. The minimum atomic E-state index is -0.872. The number of piperidine rings is 1. The van der Waals surface area contributed by atoms with Crippen LogP contribution in [0.2, 0.25) is 0 Å². The summed E-state index contributed by atoms with van der Waals surface area (Å²) in [4.78, 5) is 25.6. The number of rotatable bonds is 5. The van der Waals surface area contributed by atoms with Crippen molar-refractivity contribution < 1.29 is 23.8 Å². The second-order valence-corrected chi connectivity index (χ2v) is 6.34. The molecule has 1 atom stereocenters. The van der Waals surface area contributed by atoms with Gasteiger partial charge in [0.15, 0.2) is 0 Å². The number of amides is 1. The standard InChI is InChI=1S/C20H20FNO4/c21-16-9-7-14(8-10-16)13-26-18-6-2-1-5-17(18)19(23)22-11-3-4-15(12-22)20(24)25/h1-2,5-10,15H,3-4,11-13H2,(H,24,25). The Kier molecular flexibility index (Phi) is 5.51. The number of ether oxygens (including phenoxy) is 1. The maximum Gasteiger partial charge on any atom is 0.308 e. The quantitative estimate of drug-likeness (QED) is 0.891. The number of carboxylic acid groups (broad SMARTS) is 1. The molecule has 6 heteroatoms. The Bertz CT molecular complexity index is 791. The van der Waals surface area contributed by atoms with Crippen LogP contribution in [0.5, 0.6) is 5.75 Å². The maximum atomic E-state index is 13.0. The zero-order chi connectivity index (χ0) is 18.5. The number of benzene rings is 2. The number of hydrogen-bond donors (Lipinski definition) is 1. The smallest absolute Gasteiger partial charge is 0.308 e. The fourth-order valence-electron chi connectivity index (χ4n) is 3.04. The Morgan fingerprint density at radius 2 is 1.88 bits per heavy atom. The normalized spacial score (nSPS) is 17.0. The molecule has 1 fully saturated rings. The molecule has 2 aromatic carbocycles. The van der Waals surface area contributed by atoms with Crippen LogP contribution in [0.15, 0.2) is 48.5 Å². The van der Waals surface area contributed by atoms with E-state index >= 15 is 0 Å². The van der Waals surface area contributed by atoms with Crippen molar-refractivity contribution in [1.29, 1.82) is 0 Å². The number of aliphatic carboxylic acids is 1. The molecule has 1 saturated heterocycles. The number of carbonyl (C=O) groups excluding carboxylic acids is 1. The SMILES string of the molecule is O=C(O)C1CCCN(C(=O)c2ccccc2OCc2ccc(F)cc2)C1. The van der Waals surface area contributed by atoms with Crippen LogP contribution in [0, 0.1) is 11.7 Å². The molecule has 136 valence electrons. The molecule has 0 saturated carbocycles. The lowest BCUT2D eigenvalue weighted by atomic mass is 9.97. The maximum absolute atomic E-state index is 13.0. The highest BCUT2D eigenvalue weighted by atomic mass is 19.1. The van der Waals surface area contributed by atoms with Crippen LogP contribution in [0.3, 0.4) is 0 Å². The lowest BCUT2D eigenvalue weighted by Crippen LogP contribution is -2.42. The van der Waals surface area contributed by atoms with Gasteiger partial charge in [0.1, 0.15) is 18.2 Å². The third-order valence-corrected chi connectivity index (χ3v) is 4.48. The molecule has 26 heavy (non-hydrogen) atoms. The van der Waals surface area contributed by atoms with E-state index in [2.05, 4.69) is 0 Å². The molecule has 1 N–H and O–H groups in total. The Hall–Kier alpha value is -2.89. The molecule has 0 spiro atoms. The van der Waals surface area contributed by atoms with E-state index in [9.17, 15) is 19.1 Å². The van der Waals surface area contributed by atoms with Gasteiger partial charge in [0, 0.05) is 13.1 Å². The van der Waals surface area contributed by atoms with Gasteiger partial charge >= 0.3 is 5.97 Å². The van der Waals surface area contributed by atoms with Crippen molar-refractivity contribution in [3.63, 3.8) is 0 Å². The van der Waals surface area contributed by atoms with E-state index in [0.29, 0.717) is 30.7 Å². The molecule has 0 bridgehead atoms. The van der Waals surface area contributed by atoms with Gasteiger partial charge < -0.3 is 14.7 Å². The predicted octanol–water partition coefficient (Wildman–Crippen LogP) is 3.34. The zero-order valence-corrected chi connectivity index (χ0v) is 14.2. The second-order valence-electron chi connectivity index (χ2n) is 6.34. The lowest BCUT2D eigenvalue weighted by Gasteiger charge is -2.31. The van der Waals surface area contributed by atoms with Gasteiger partial charge in [-0.05, 0) is 42.7 Å². The van der Waals surface area contributed by atoms with E-state index in [0.717, 1.165) is 5.56 Å². The first-order valence-corrected chi connectivity index (χ1v) is 8.53. The van der Waals surface area contributed by atoms with Crippen molar-refractivity contribution in [2.45, 2.75) is 19.4 Å². The fourth-order valence-corrected chi connectivity index (χ4v) is 3.04. The minimum absolute atomic E-state index is 0.209. The molecule has 0 radical (unpaired) electrons. The Balaban J connectivity index is 1.72. The van der Waals surface area contributed by atoms with E-state index in [1.807, 2.05) is 0 Å². The Morgan fingerprint density at radius 3 is 2.62 bits per heavy atom. The van der Waals surface area contributed by atoms with Crippen LogP contribution in [0.1, 0.15) is 28.8 Å². The number of halogens is 1. The third kappa shape index (κ3) is 4.20. The average molecular weight is 357 g/mol. The molecule has 1 heterocycles. The monoisotopic (exact) mass is 357 g/mol. The summed E-state index contributed by atoms with van der Waals surface area (Å²) in [5.74, 6) is -1.52. The zero-order valence-electron chi connectivity index (χ0n) is 14.2. The third-order valence-electron chi connectivity index (χ3n) is 4.48. The summed E-state index contributed by atoms with van der Waals surface area (Å²) in [6.07, 6.45) is 1.25. The molecular formula is C20H20FNO4. The van der Waals surface area contributed by atoms with Crippen LogP contribution in [0.4, 0.5) is 4.39 Å². The Labute approximate surface area is 151 Å². The van der Waals surface area contributed by atoms with Gasteiger partial charge in [0.25, 0.3) is 5.91 Å². The van der Waals surface area contributed by atoms with Crippen molar-refractivity contribution in [3.8, 4) is 5.75 Å². The molecule has 3 rings (SSSR count). The predicted molar refractivity (Wildman–Crippen MR) is 93.4 cm³/mol. The molecule has 1 aliphatic heterocycles. The summed E-state index contributed by atoms with van der Waals surface area (Å²) in [7, 11) is 0. The van der Waals surface area contributed by atoms with E-state index in [1.165, 1.54) is 12.1 Å². The summed E-state index contributed by atoms with van der Waals surface area (Å²) in [6, 6.07) is 12.9. The highest BCUT2D eigenvalue weighted by Gasteiger charge is 2.29. The molecule has 5 nitrogen and oxygen atoms in total. The number of likely N-dealkylation sites (tertiary alicyclic amines) is 1. The van der Waals surface area contributed by atoms with Gasteiger partial charge in [-0.25, -0.2) is 4.39 Å². The van der Waals surface area contributed by atoms with Gasteiger partial charge in [-0.15, -0.1) is 0 Å². The molecule has 1 unspecified atom stereocenters. The average Bonchev–Trinajstić information content (AvgIpc) is 2.67. The van der Waals surface area contributed by atoms with Crippen molar-refractivity contribution in [2.24, 2.45) is 5.92 Å². The molecule has 2 aromatic rings. The van der Waals surface area contributed by atoms with Crippen molar-refractivity contribution in [1.82, 2.24) is 4.90 Å². The number of carboxylic acids is 1. The number of carbonyl (C=O) groups is 2. The molecule has 1 amide bonds. The number of para-hydroxylation sites is 1. The van der Waals surface area contributed by atoms with Gasteiger partial charge in [0.05, 0.1) is 11.5 Å². The lowest BCUT2D eigenvalue weighted by molar-refractivity contribution is -0.143. The van der Waals surface area contributed by atoms with Gasteiger partial charge in [0.2, 0.25) is 0 Å². The second kappa shape index (κ2) is 7.99. The van der Waals surface area contributed by atoms with E-state index in [-0.39, 0.29) is 24.9 Å². The van der Waals surface area contributed by atoms with Crippen LogP contribution in [0.25, 0.3) is 0 Å². The molecular weight excluding hydrogens is 337 g/mol. The van der Waals surface area contributed by atoms with Gasteiger partial charge in [-0.2, -0.15) is 0 Å². The molecule has 1 aliphatic rings. The summed E-state index contributed by atoms with van der Waals surface area (Å²) >= 11 is 0. The summed E-state index contributed by atoms with van der Waals surface area (Å²) in [5.41, 5.74) is 1.19. The number of nitrogens with zero attached hydrogens (tertiary/aromatic N) is 1. The van der Waals surface area contributed by atoms with Gasteiger partial charge in [-0.1, -0.05) is 24.3 Å². The van der Waals surface area contributed by atoms with Crippen LogP contribution >= 0.6 is 0 Å². The molecule has 0 aromatic heterocycles. The van der Waals surface area contributed by atoms with Crippen LogP contribution < -0.4 is 4.74 Å². The van der Waals surface area contributed by atoms with Crippen molar-refractivity contribution >= 4 is 11.9 Å². The highest BCUT2D eigenvalue weighted by Crippen LogP contribution is 2.24. The summed E-state index contributed by atoms with van der Waals surface area (Å²) < 4.78 is 18.7. The van der Waals surface area contributed by atoms with E-state index in [4.69, 9.17) is 4.74 Å². The van der Waals surface area contributed by atoms with Crippen molar-refractivity contribution in [3.05, 3.63) is 65.5 Å².